The van der Waals surface area contributed by atoms with Gasteiger partial charge in [-0.2, -0.15) is 22.8 Å². The summed E-state index contributed by atoms with van der Waals surface area (Å²) in [5, 5.41) is 11.6. The molecule has 11 heteroatoms. The Balaban J connectivity index is 1.58. The lowest BCUT2D eigenvalue weighted by molar-refractivity contribution is -0.140. The van der Waals surface area contributed by atoms with E-state index in [-0.39, 0.29) is 35.0 Å². The maximum atomic E-state index is 13.8. The van der Waals surface area contributed by atoms with Crippen LogP contribution in [0.25, 0.3) is 28.2 Å². The SMILES string of the molecule is COc1ccc(-c2nnc(Cc3c(C)[nH]c4c(-c5ccccc5)c(C(F)(F)F)nn4c3=O)o2)cc1. The van der Waals surface area contributed by atoms with Crippen LogP contribution in [0.4, 0.5) is 13.2 Å². The molecule has 0 spiro atoms. The first kappa shape index (κ1) is 22.4. The van der Waals surface area contributed by atoms with Gasteiger partial charge in [0.2, 0.25) is 11.8 Å². The molecule has 0 radical (unpaired) electrons. The Labute approximate surface area is 196 Å². The fourth-order valence-electron chi connectivity index (χ4n) is 3.83. The molecule has 5 aromatic rings. The third-order valence-electron chi connectivity index (χ3n) is 5.56. The average Bonchev–Trinajstić information content (AvgIpc) is 3.47. The number of benzene rings is 2. The van der Waals surface area contributed by atoms with Crippen molar-refractivity contribution < 1.29 is 22.3 Å². The zero-order valence-corrected chi connectivity index (χ0v) is 18.6. The second-order valence-corrected chi connectivity index (χ2v) is 7.79. The van der Waals surface area contributed by atoms with Crippen LogP contribution in [0, 0.1) is 6.92 Å². The van der Waals surface area contributed by atoms with Gasteiger partial charge in [0, 0.05) is 16.8 Å². The highest BCUT2D eigenvalue weighted by Gasteiger charge is 2.39. The number of hydrogen-bond acceptors (Lipinski definition) is 6. The molecule has 178 valence electrons. The van der Waals surface area contributed by atoms with Crippen LogP contribution in [-0.4, -0.2) is 31.9 Å². The molecule has 35 heavy (non-hydrogen) atoms. The Morgan fingerprint density at radius 3 is 2.40 bits per heavy atom. The lowest BCUT2D eigenvalue weighted by Gasteiger charge is -2.07. The number of aromatic nitrogens is 5. The molecule has 0 aliphatic rings. The van der Waals surface area contributed by atoms with Crippen LogP contribution in [0.2, 0.25) is 0 Å². The summed E-state index contributed by atoms with van der Waals surface area (Å²) in [6.07, 6.45) is -4.84. The van der Waals surface area contributed by atoms with E-state index in [1.165, 1.54) is 12.1 Å². The molecule has 0 saturated heterocycles. The van der Waals surface area contributed by atoms with E-state index in [9.17, 15) is 18.0 Å². The molecule has 3 aromatic heterocycles. The van der Waals surface area contributed by atoms with Crippen molar-refractivity contribution in [3.8, 4) is 28.3 Å². The van der Waals surface area contributed by atoms with Gasteiger partial charge in [0.25, 0.3) is 5.56 Å². The molecule has 2 aromatic carbocycles. The molecule has 0 fully saturated rings. The average molecular weight is 481 g/mol. The quantitative estimate of drug-likeness (QED) is 0.392. The monoisotopic (exact) mass is 481 g/mol. The number of fused-ring (bicyclic) bond motifs is 1. The number of aryl methyl sites for hydroxylation is 1. The zero-order valence-electron chi connectivity index (χ0n) is 18.6. The van der Waals surface area contributed by atoms with Crippen LogP contribution >= 0.6 is 0 Å². The molecule has 0 bridgehead atoms. The van der Waals surface area contributed by atoms with Gasteiger partial charge in [-0.25, -0.2) is 0 Å². The normalized spacial score (nSPS) is 11.8. The van der Waals surface area contributed by atoms with E-state index in [1.807, 2.05) is 0 Å². The number of ether oxygens (including phenoxy) is 1. The van der Waals surface area contributed by atoms with Crippen molar-refractivity contribution in [1.82, 2.24) is 24.8 Å². The first-order chi connectivity index (χ1) is 16.8. The van der Waals surface area contributed by atoms with Crippen molar-refractivity contribution >= 4 is 5.65 Å². The second kappa shape index (κ2) is 8.42. The number of alkyl halides is 3. The molecule has 0 atom stereocenters. The lowest BCUT2D eigenvalue weighted by atomic mass is 10.1. The van der Waals surface area contributed by atoms with Crippen molar-refractivity contribution in [3.63, 3.8) is 0 Å². The lowest BCUT2D eigenvalue weighted by Crippen LogP contribution is -2.22. The molecule has 1 N–H and O–H groups in total. The Morgan fingerprint density at radius 1 is 1.03 bits per heavy atom. The molecule has 5 rings (SSSR count). The molecular formula is C24H18F3N5O3. The predicted octanol–water partition coefficient (Wildman–Crippen LogP) is 4.67. The Bertz CT molecular complexity index is 1570. The van der Waals surface area contributed by atoms with Crippen molar-refractivity contribution in [3.05, 3.63) is 87.8 Å². The highest BCUT2D eigenvalue weighted by atomic mass is 19.4. The fourth-order valence-corrected chi connectivity index (χ4v) is 3.83. The standard InChI is InChI=1S/C24H18F3N5O3/c1-13-17(12-18-29-30-22(35-18)15-8-10-16(34-2)11-9-15)23(33)32-21(28-13)19(14-6-4-3-5-7-14)20(31-32)24(25,26)27/h3-11,28H,12H2,1-2H3. The summed E-state index contributed by atoms with van der Waals surface area (Å²) in [6.45, 7) is 1.60. The molecule has 0 saturated carbocycles. The maximum Gasteiger partial charge on any atom is 0.435 e. The van der Waals surface area contributed by atoms with Crippen molar-refractivity contribution in [2.45, 2.75) is 19.5 Å². The summed E-state index contributed by atoms with van der Waals surface area (Å²) < 4.78 is 53.1. The zero-order chi connectivity index (χ0) is 24.7. The number of halogens is 3. The van der Waals surface area contributed by atoms with Crippen molar-refractivity contribution in [2.75, 3.05) is 7.11 Å². The summed E-state index contributed by atoms with van der Waals surface area (Å²) >= 11 is 0. The smallest absolute Gasteiger partial charge is 0.435 e. The van der Waals surface area contributed by atoms with E-state index >= 15 is 0 Å². The minimum atomic E-state index is -4.76. The Morgan fingerprint density at radius 2 is 1.74 bits per heavy atom. The van der Waals surface area contributed by atoms with Crippen LogP contribution in [0.15, 0.2) is 63.8 Å². The number of aromatic amines is 1. The molecule has 3 heterocycles. The van der Waals surface area contributed by atoms with E-state index in [2.05, 4.69) is 20.3 Å². The number of methoxy groups -OCH3 is 1. The van der Waals surface area contributed by atoms with E-state index in [4.69, 9.17) is 9.15 Å². The van der Waals surface area contributed by atoms with Gasteiger partial charge in [0.15, 0.2) is 5.69 Å². The molecule has 8 nitrogen and oxygen atoms in total. The fraction of sp³-hybridized carbons (Fsp3) is 0.167. The minimum Gasteiger partial charge on any atom is -0.497 e. The van der Waals surface area contributed by atoms with E-state index in [0.29, 0.717) is 22.6 Å². The van der Waals surface area contributed by atoms with Crippen LogP contribution in [0.1, 0.15) is 22.8 Å². The van der Waals surface area contributed by atoms with Crippen molar-refractivity contribution in [2.24, 2.45) is 0 Å². The van der Waals surface area contributed by atoms with E-state index in [0.717, 1.165) is 4.52 Å². The van der Waals surface area contributed by atoms with Crippen LogP contribution in [0.3, 0.4) is 0 Å². The molecule has 0 unspecified atom stereocenters. The minimum absolute atomic E-state index is 0.0424. The largest absolute Gasteiger partial charge is 0.497 e. The summed E-state index contributed by atoms with van der Waals surface area (Å²) in [5.74, 6) is 1.04. The Kier molecular flexibility index (Phi) is 5.39. The van der Waals surface area contributed by atoms with Gasteiger partial charge in [-0.3, -0.25) is 4.79 Å². The van der Waals surface area contributed by atoms with Crippen LogP contribution < -0.4 is 10.3 Å². The number of nitrogens with zero attached hydrogens (tertiary/aromatic N) is 4. The molecule has 0 amide bonds. The van der Waals surface area contributed by atoms with Gasteiger partial charge in [0.05, 0.1) is 19.1 Å². The second-order valence-electron chi connectivity index (χ2n) is 7.79. The van der Waals surface area contributed by atoms with Gasteiger partial charge in [-0.15, -0.1) is 10.2 Å². The predicted molar refractivity (Wildman–Crippen MR) is 120 cm³/mol. The molecule has 0 aliphatic heterocycles. The van der Waals surface area contributed by atoms with Gasteiger partial charge in [0.1, 0.15) is 11.4 Å². The third-order valence-corrected chi connectivity index (χ3v) is 5.56. The summed E-state index contributed by atoms with van der Waals surface area (Å²) in [6, 6.07) is 15.0. The number of H-pyrrole nitrogens is 1. The summed E-state index contributed by atoms with van der Waals surface area (Å²) in [4.78, 5) is 16.2. The molecule has 0 aliphatic carbocycles. The highest BCUT2D eigenvalue weighted by Crippen LogP contribution is 2.38. The number of hydrogen-bond donors (Lipinski definition) is 1. The van der Waals surface area contributed by atoms with E-state index < -0.39 is 17.4 Å². The number of rotatable bonds is 5. The van der Waals surface area contributed by atoms with Gasteiger partial charge in [-0.1, -0.05) is 30.3 Å². The third kappa shape index (κ3) is 4.05. The number of nitrogens with one attached hydrogen (secondary N) is 1. The molecular weight excluding hydrogens is 463 g/mol. The summed E-state index contributed by atoms with van der Waals surface area (Å²) in [5.41, 5.74) is -0.598. The maximum absolute atomic E-state index is 13.8. The first-order valence-electron chi connectivity index (χ1n) is 10.5. The van der Waals surface area contributed by atoms with Gasteiger partial charge in [-0.05, 0) is 36.8 Å². The topological polar surface area (TPSA) is 98.3 Å². The van der Waals surface area contributed by atoms with E-state index in [1.54, 1.807) is 56.5 Å². The van der Waals surface area contributed by atoms with Crippen LogP contribution in [-0.2, 0) is 12.6 Å². The summed E-state index contributed by atoms with van der Waals surface area (Å²) in [7, 11) is 1.55. The first-order valence-corrected chi connectivity index (χ1v) is 10.5. The van der Waals surface area contributed by atoms with Crippen LogP contribution in [0.5, 0.6) is 5.75 Å². The van der Waals surface area contributed by atoms with Gasteiger partial charge >= 0.3 is 6.18 Å². The van der Waals surface area contributed by atoms with Gasteiger partial charge < -0.3 is 14.1 Å². The Hall–Kier alpha value is -4.41. The van der Waals surface area contributed by atoms with Crippen molar-refractivity contribution in [1.29, 1.82) is 0 Å². The highest BCUT2D eigenvalue weighted by molar-refractivity contribution is 5.80.